The Morgan fingerprint density at radius 3 is 2.65 bits per heavy atom. The summed E-state index contributed by atoms with van der Waals surface area (Å²) in [4.78, 5) is 12.2. The van der Waals surface area contributed by atoms with Gasteiger partial charge in [0.1, 0.15) is 0 Å². The number of nitrogen functional groups attached to an aromatic ring is 1. The minimum atomic E-state index is -0.201. The first-order valence-corrected chi connectivity index (χ1v) is 6.77. The van der Waals surface area contributed by atoms with Crippen molar-refractivity contribution in [2.75, 3.05) is 5.73 Å². The molecule has 20 heavy (non-hydrogen) atoms. The van der Waals surface area contributed by atoms with Crippen molar-refractivity contribution in [3.05, 3.63) is 64.2 Å². The Morgan fingerprint density at radius 1 is 1.25 bits per heavy atom. The average molecular weight is 289 g/mol. The van der Waals surface area contributed by atoms with Crippen molar-refractivity contribution in [1.82, 2.24) is 5.32 Å². The quantitative estimate of drug-likeness (QED) is 0.846. The van der Waals surface area contributed by atoms with Crippen LogP contribution in [-0.2, 0) is 0 Å². The van der Waals surface area contributed by atoms with E-state index in [4.69, 9.17) is 17.3 Å². The molecule has 0 saturated carbocycles. The largest absolute Gasteiger partial charge is 0.398 e. The van der Waals surface area contributed by atoms with E-state index in [-0.39, 0.29) is 11.9 Å². The number of nitrogens with one attached hydrogen (secondary N) is 1. The molecule has 4 heteroatoms. The summed E-state index contributed by atoms with van der Waals surface area (Å²) in [6, 6.07) is 12.8. The lowest BCUT2D eigenvalue weighted by Gasteiger charge is -2.15. The maximum Gasteiger partial charge on any atom is 0.253 e. The molecule has 2 aromatic carbocycles. The van der Waals surface area contributed by atoms with Crippen molar-refractivity contribution in [1.29, 1.82) is 0 Å². The molecule has 0 fully saturated rings. The molecule has 3 N–H and O–H groups in total. The Kier molecular flexibility index (Phi) is 4.30. The Labute approximate surface area is 123 Å². The van der Waals surface area contributed by atoms with E-state index in [1.807, 2.05) is 32.0 Å². The van der Waals surface area contributed by atoms with Crippen LogP contribution in [0, 0.1) is 6.92 Å². The number of nitrogens with two attached hydrogens (primary N) is 1. The molecule has 1 atom stereocenters. The van der Waals surface area contributed by atoms with Gasteiger partial charge in [-0.2, -0.15) is 0 Å². The highest BCUT2D eigenvalue weighted by molar-refractivity contribution is 6.31. The van der Waals surface area contributed by atoms with E-state index in [1.165, 1.54) is 0 Å². The van der Waals surface area contributed by atoms with Gasteiger partial charge in [-0.25, -0.2) is 0 Å². The summed E-state index contributed by atoms with van der Waals surface area (Å²) in [5, 5.41) is 3.46. The maximum atomic E-state index is 12.2. The van der Waals surface area contributed by atoms with Crippen LogP contribution in [0.25, 0.3) is 0 Å². The first kappa shape index (κ1) is 14.4. The highest BCUT2D eigenvalue weighted by Crippen LogP contribution is 2.20. The van der Waals surface area contributed by atoms with E-state index in [0.717, 1.165) is 11.1 Å². The molecule has 0 radical (unpaired) electrons. The van der Waals surface area contributed by atoms with Gasteiger partial charge in [0.25, 0.3) is 5.91 Å². The molecule has 0 aromatic heterocycles. The first-order chi connectivity index (χ1) is 9.47. The molecule has 0 heterocycles. The number of aryl methyl sites for hydroxylation is 1. The maximum absolute atomic E-state index is 12.2. The highest BCUT2D eigenvalue weighted by Gasteiger charge is 2.14. The molecule has 0 unspecified atom stereocenters. The lowest BCUT2D eigenvalue weighted by atomic mass is 10.1. The standard InChI is InChI=1S/C16H17ClN2O/c1-10-4-3-5-12(8-10)11(2)19-16(20)14-7-6-13(17)9-15(14)18/h3-9,11H,18H2,1-2H3,(H,19,20)/t11-/m0/s1. The molecule has 0 spiro atoms. The predicted molar refractivity (Wildman–Crippen MR) is 82.9 cm³/mol. The third-order valence-corrected chi connectivity index (χ3v) is 3.38. The summed E-state index contributed by atoms with van der Waals surface area (Å²) in [5.74, 6) is -0.201. The fraction of sp³-hybridized carbons (Fsp3) is 0.188. The van der Waals surface area contributed by atoms with Crippen LogP contribution in [0.4, 0.5) is 5.69 Å². The normalized spacial score (nSPS) is 11.9. The zero-order valence-electron chi connectivity index (χ0n) is 11.5. The molecular weight excluding hydrogens is 272 g/mol. The van der Waals surface area contributed by atoms with E-state index in [1.54, 1.807) is 18.2 Å². The topological polar surface area (TPSA) is 55.1 Å². The molecule has 0 aliphatic rings. The van der Waals surface area contributed by atoms with Crippen LogP contribution in [0.15, 0.2) is 42.5 Å². The van der Waals surface area contributed by atoms with Crippen LogP contribution in [-0.4, -0.2) is 5.91 Å². The Balaban J connectivity index is 2.15. The summed E-state index contributed by atoms with van der Waals surface area (Å²) in [6.07, 6.45) is 0. The van der Waals surface area contributed by atoms with E-state index in [2.05, 4.69) is 11.4 Å². The van der Waals surface area contributed by atoms with Crippen molar-refractivity contribution in [2.24, 2.45) is 0 Å². The molecule has 0 aliphatic carbocycles. The summed E-state index contributed by atoms with van der Waals surface area (Å²) in [6.45, 7) is 3.97. The van der Waals surface area contributed by atoms with Crippen LogP contribution in [0.1, 0.15) is 34.5 Å². The predicted octanol–water partition coefficient (Wildman–Crippen LogP) is 3.72. The smallest absolute Gasteiger partial charge is 0.253 e. The summed E-state index contributed by atoms with van der Waals surface area (Å²) in [7, 11) is 0. The minimum absolute atomic E-state index is 0.0857. The van der Waals surface area contributed by atoms with Gasteiger partial charge < -0.3 is 11.1 Å². The van der Waals surface area contributed by atoms with Crippen LogP contribution in [0.2, 0.25) is 5.02 Å². The summed E-state index contributed by atoms with van der Waals surface area (Å²) < 4.78 is 0. The van der Waals surface area contributed by atoms with Crippen molar-refractivity contribution in [3.8, 4) is 0 Å². The first-order valence-electron chi connectivity index (χ1n) is 6.40. The van der Waals surface area contributed by atoms with Gasteiger partial charge in [-0.05, 0) is 37.6 Å². The number of benzene rings is 2. The number of hydrogen-bond donors (Lipinski definition) is 2. The molecule has 0 aliphatic heterocycles. The SMILES string of the molecule is Cc1cccc([C@H](C)NC(=O)c2ccc(Cl)cc2N)c1. The number of rotatable bonds is 3. The third kappa shape index (κ3) is 3.31. The van der Waals surface area contributed by atoms with E-state index in [9.17, 15) is 4.79 Å². The van der Waals surface area contributed by atoms with Gasteiger partial charge in [-0.3, -0.25) is 4.79 Å². The monoisotopic (exact) mass is 288 g/mol. The van der Waals surface area contributed by atoms with Gasteiger partial charge in [0.2, 0.25) is 0 Å². The number of carbonyl (C=O) groups is 1. The van der Waals surface area contributed by atoms with Gasteiger partial charge in [0.05, 0.1) is 11.6 Å². The number of carbonyl (C=O) groups excluding carboxylic acids is 1. The van der Waals surface area contributed by atoms with E-state index >= 15 is 0 Å². The highest BCUT2D eigenvalue weighted by atomic mass is 35.5. The van der Waals surface area contributed by atoms with Crippen molar-refractivity contribution in [2.45, 2.75) is 19.9 Å². The summed E-state index contributed by atoms with van der Waals surface area (Å²) in [5.41, 5.74) is 8.86. The number of halogens is 1. The van der Waals surface area contributed by atoms with Gasteiger partial charge in [-0.15, -0.1) is 0 Å². The Hall–Kier alpha value is -2.00. The zero-order valence-corrected chi connectivity index (χ0v) is 12.2. The van der Waals surface area contributed by atoms with Gasteiger partial charge in [0.15, 0.2) is 0 Å². The second kappa shape index (κ2) is 5.97. The van der Waals surface area contributed by atoms with Gasteiger partial charge in [0, 0.05) is 10.7 Å². The van der Waals surface area contributed by atoms with E-state index in [0.29, 0.717) is 16.3 Å². The number of amides is 1. The fourth-order valence-corrected chi connectivity index (χ4v) is 2.22. The second-order valence-corrected chi connectivity index (χ2v) is 5.28. The van der Waals surface area contributed by atoms with Crippen molar-refractivity contribution in [3.63, 3.8) is 0 Å². The molecular formula is C16H17ClN2O. The van der Waals surface area contributed by atoms with E-state index < -0.39 is 0 Å². The van der Waals surface area contributed by atoms with Crippen molar-refractivity contribution < 1.29 is 4.79 Å². The lowest BCUT2D eigenvalue weighted by molar-refractivity contribution is 0.0941. The van der Waals surface area contributed by atoms with Gasteiger partial charge in [-0.1, -0.05) is 41.4 Å². The molecule has 0 bridgehead atoms. The average Bonchev–Trinajstić information content (AvgIpc) is 2.38. The molecule has 3 nitrogen and oxygen atoms in total. The Bertz CT molecular complexity index is 640. The molecule has 104 valence electrons. The molecule has 0 saturated heterocycles. The third-order valence-electron chi connectivity index (χ3n) is 3.15. The van der Waals surface area contributed by atoms with Crippen LogP contribution in [0.3, 0.4) is 0 Å². The van der Waals surface area contributed by atoms with Crippen LogP contribution < -0.4 is 11.1 Å². The second-order valence-electron chi connectivity index (χ2n) is 4.84. The Morgan fingerprint density at radius 2 is 2.00 bits per heavy atom. The molecule has 1 amide bonds. The lowest BCUT2D eigenvalue weighted by Crippen LogP contribution is -2.27. The minimum Gasteiger partial charge on any atom is -0.398 e. The molecule has 2 aromatic rings. The van der Waals surface area contributed by atoms with Gasteiger partial charge >= 0.3 is 0 Å². The van der Waals surface area contributed by atoms with Crippen molar-refractivity contribution >= 4 is 23.2 Å². The summed E-state index contributed by atoms with van der Waals surface area (Å²) >= 11 is 5.83. The molecule has 2 rings (SSSR count). The fourth-order valence-electron chi connectivity index (χ4n) is 2.04. The van der Waals surface area contributed by atoms with Crippen LogP contribution >= 0.6 is 11.6 Å². The number of anilines is 1. The number of hydrogen-bond acceptors (Lipinski definition) is 2. The van der Waals surface area contributed by atoms with Crippen LogP contribution in [0.5, 0.6) is 0 Å². The zero-order chi connectivity index (χ0) is 14.7.